The largest absolute Gasteiger partial charge is 0.388 e. The van der Waals surface area contributed by atoms with E-state index in [0.29, 0.717) is 31.0 Å². The molecule has 5 heterocycles. The Morgan fingerprint density at radius 1 is 1.18 bits per heavy atom. The molecule has 3 aromatic heterocycles. The van der Waals surface area contributed by atoms with Crippen LogP contribution in [0.4, 0.5) is 16.3 Å². The van der Waals surface area contributed by atoms with Crippen molar-refractivity contribution in [3.8, 4) is 11.1 Å². The topological polar surface area (TPSA) is 115 Å². The SMILES string of the molecule is CNc1cc2ncc(-c3cc(NC(=O)N4CC=CC5=C4NCC[C@@H]5O)cnc3C)cc2cn1. The Morgan fingerprint density at radius 3 is 2.91 bits per heavy atom. The molecule has 2 aliphatic heterocycles. The molecule has 0 spiro atoms. The highest BCUT2D eigenvalue weighted by atomic mass is 16.3. The first-order valence-corrected chi connectivity index (χ1v) is 10.8. The van der Waals surface area contributed by atoms with Gasteiger partial charge in [0.05, 0.1) is 23.5 Å². The van der Waals surface area contributed by atoms with Crippen molar-refractivity contribution in [1.82, 2.24) is 25.2 Å². The van der Waals surface area contributed by atoms with Gasteiger partial charge in [0, 0.05) is 66.4 Å². The summed E-state index contributed by atoms with van der Waals surface area (Å²) in [6, 6.07) is 5.53. The highest BCUT2D eigenvalue weighted by molar-refractivity contribution is 5.92. The van der Waals surface area contributed by atoms with Crippen molar-refractivity contribution in [2.24, 2.45) is 0 Å². The van der Waals surface area contributed by atoms with Gasteiger partial charge in [0.2, 0.25) is 0 Å². The molecule has 168 valence electrons. The number of fused-ring (bicyclic) bond motifs is 1. The minimum Gasteiger partial charge on any atom is -0.388 e. The van der Waals surface area contributed by atoms with Gasteiger partial charge in [-0.25, -0.2) is 9.78 Å². The van der Waals surface area contributed by atoms with Gasteiger partial charge < -0.3 is 21.1 Å². The molecule has 0 unspecified atom stereocenters. The molecular formula is C24H25N7O2. The molecule has 2 aliphatic rings. The summed E-state index contributed by atoms with van der Waals surface area (Å²) >= 11 is 0. The molecule has 33 heavy (non-hydrogen) atoms. The summed E-state index contributed by atoms with van der Waals surface area (Å²) in [4.78, 5) is 28.1. The Morgan fingerprint density at radius 2 is 2.06 bits per heavy atom. The smallest absolute Gasteiger partial charge is 0.327 e. The first-order valence-electron chi connectivity index (χ1n) is 10.8. The predicted octanol–water partition coefficient (Wildman–Crippen LogP) is 3.01. The molecule has 0 bridgehead atoms. The zero-order chi connectivity index (χ0) is 22.9. The van der Waals surface area contributed by atoms with Gasteiger partial charge in [-0.3, -0.25) is 14.9 Å². The van der Waals surface area contributed by atoms with Crippen LogP contribution in [-0.2, 0) is 0 Å². The number of amides is 2. The molecule has 0 radical (unpaired) electrons. The Hall–Kier alpha value is -3.98. The third-order valence-electron chi connectivity index (χ3n) is 5.91. The Balaban J connectivity index is 1.42. The van der Waals surface area contributed by atoms with Gasteiger partial charge in [0.25, 0.3) is 0 Å². The summed E-state index contributed by atoms with van der Waals surface area (Å²) in [5, 5.41) is 20.4. The lowest BCUT2D eigenvalue weighted by Crippen LogP contribution is -2.45. The molecule has 0 saturated heterocycles. The molecule has 3 aromatic rings. The van der Waals surface area contributed by atoms with E-state index in [1.807, 2.05) is 44.3 Å². The van der Waals surface area contributed by atoms with Gasteiger partial charge in [0.1, 0.15) is 11.6 Å². The highest BCUT2D eigenvalue weighted by Gasteiger charge is 2.28. The van der Waals surface area contributed by atoms with E-state index in [4.69, 9.17) is 0 Å². The maximum Gasteiger partial charge on any atom is 0.327 e. The van der Waals surface area contributed by atoms with Crippen molar-refractivity contribution in [2.45, 2.75) is 19.4 Å². The van der Waals surface area contributed by atoms with Gasteiger partial charge in [-0.15, -0.1) is 0 Å². The number of hydrogen-bond acceptors (Lipinski definition) is 7. The van der Waals surface area contributed by atoms with Crippen LogP contribution in [0.25, 0.3) is 22.0 Å². The fraction of sp³-hybridized carbons (Fsp3) is 0.250. The first kappa shape index (κ1) is 20.9. The van der Waals surface area contributed by atoms with Crippen molar-refractivity contribution in [3.63, 3.8) is 0 Å². The van der Waals surface area contributed by atoms with Crippen molar-refractivity contribution in [2.75, 3.05) is 30.8 Å². The standard InChI is InChI=1S/C24H25N7O2/c1-14-19(15-8-16-12-29-22(25-2)10-20(16)28-11-15)9-17(13-27-14)30-24(33)31-7-3-4-18-21(32)5-6-26-23(18)31/h3-4,8-13,21,26,32H,5-7H2,1-2H3,(H,25,29)(H,30,33)/t21-/m0/s1. The second-order valence-electron chi connectivity index (χ2n) is 8.07. The van der Waals surface area contributed by atoms with E-state index in [-0.39, 0.29) is 6.03 Å². The Bertz CT molecular complexity index is 1300. The number of pyridine rings is 3. The molecule has 1 atom stereocenters. The number of aliphatic hydroxyl groups excluding tert-OH is 1. The minimum atomic E-state index is -0.570. The fourth-order valence-corrected chi connectivity index (χ4v) is 4.14. The quantitative estimate of drug-likeness (QED) is 0.492. The van der Waals surface area contributed by atoms with E-state index >= 15 is 0 Å². The zero-order valence-electron chi connectivity index (χ0n) is 18.5. The highest BCUT2D eigenvalue weighted by Crippen LogP contribution is 2.28. The van der Waals surface area contributed by atoms with E-state index in [1.165, 1.54) is 0 Å². The number of urea groups is 1. The van der Waals surface area contributed by atoms with Crippen LogP contribution < -0.4 is 16.0 Å². The lowest BCUT2D eigenvalue weighted by molar-refractivity contribution is 0.180. The normalized spacial score (nSPS) is 17.5. The van der Waals surface area contributed by atoms with Crippen molar-refractivity contribution >= 4 is 28.4 Å². The summed E-state index contributed by atoms with van der Waals surface area (Å²) < 4.78 is 0. The molecule has 0 fully saturated rings. The summed E-state index contributed by atoms with van der Waals surface area (Å²) in [5.41, 5.74) is 4.77. The summed E-state index contributed by atoms with van der Waals surface area (Å²) in [7, 11) is 1.82. The van der Waals surface area contributed by atoms with Crippen LogP contribution in [0.3, 0.4) is 0 Å². The number of nitrogens with zero attached hydrogens (tertiary/aromatic N) is 4. The van der Waals surface area contributed by atoms with Gasteiger partial charge in [-0.1, -0.05) is 12.2 Å². The molecular weight excluding hydrogens is 418 g/mol. The van der Waals surface area contributed by atoms with Crippen molar-refractivity contribution in [3.05, 3.63) is 66.0 Å². The summed E-state index contributed by atoms with van der Waals surface area (Å²) in [5.74, 6) is 1.41. The van der Waals surface area contributed by atoms with Crippen LogP contribution in [-0.4, -0.2) is 57.2 Å². The first-order chi connectivity index (χ1) is 16.0. The van der Waals surface area contributed by atoms with Gasteiger partial charge in [-0.05, 0) is 25.5 Å². The lowest BCUT2D eigenvalue weighted by atomic mass is 10.0. The lowest BCUT2D eigenvalue weighted by Gasteiger charge is -2.34. The summed E-state index contributed by atoms with van der Waals surface area (Å²) in [6.45, 7) is 2.97. The van der Waals surface area contributed by atoms with E-state index in [2.05, 4.69) is 30.9 Å². The second kappa shape index (κ2) is 8.51. The number of hydrogen-bond donors (Lipinski definition) is 4. The Kier molecular flexibility index (Phi) is 5.39. The van der Waals surface area contributed by atoms with Gasteiger partial charge in [-0.2, -0.15) is 0 Å². The average molecular weight is 444 g/mol. The molecule has 0 saturated carbocycles. The van der Waals surface area contributed by atoms with Crippen LogP contribution in [0.15, 0.2) is 60.3 Å². The van der Waals surface area contributed by atoms with E-state index in [9.17, 15) is 9.90 Å². The molecule has 2 amide bonds. The predicted molar refractivity (Wildman–Crippen MR) is 128 cm³/mol. The number of anilines is 2. The van der Waals surface area contributed by atoms with Crippen LogP contribution in [0, 0.1) is 6.92 Å². The van der Waals surface area contributed by atoms with Crippen LogP contribution >= 0.6 is 0 Å². The number of aliphatic hydroxyl groups is 1. The maximum atomic E-state index is 13.1. The second-order valence-corrected chi connectivity index (χ2v) is 8.07. The minimum absolute atomic E-state index is 0.287. The number of carbonyl (C=O) groups is 1. The molecule has 4 N–H and O–H groups in total. The number of aromatic nitrogens is 3. The van der Waals surface area contributed by atoms with Crippen molar-refractivity contribution in [1.29, 1.82) is 0 Å². The van der Waals surface area contributed by atoms with Crippen LogP contribution in [0.2, 0.25) is 0 Å². The number of aryl methyl sites for hydroxylation is 1. The molecule has 0 aliphatic carbocycles. The van der Waals surface area contributed by atoms with Gasteiger partial charge >= 0.3 is 6.03 Å². The monoisotopic (exact) mass is 443 g/mol. The third-order valence-corrected chi connectivity index (χ3v) is 5.91. The molecule has 5 rings (SSSR count). The van der Waals surface area contributed by atoms with Crippen LogP contribution in [0.1, 0.15) is 12.1 Å². The van der Waals surface area contributed by atoms with E-state index in [0.717, 1.165) is 39.1 Å². The van der Waals surface area contributed by atoms with Crippen molar-refractivity contribution < 1.29 is 9.90 Å². The zero-order valence-corrected chi connectivity index (χ0v) is 18.5. The van der Waals surface area contributed by atoms with E-state index in [1.54, 1.807) is 23.5 Å². The molecule has 9 heteroatoms. The Labute approximate surface area is 191 Å². The molecule has 9 nitrogen and oxygen atoms in total. The third kappa shape index (κ3) is 3.98. The molecule has 0 aromatic carbocycles. The number of carbonyl (C=O) groups excluding carboxylic acids is 1. The van der Waals surface area contributed by atoms with Crippen LogP contribution in [0.5, 0.6) is 0 Å². The number of nitrogens with one attached hydrogen (secondary N) is 3. The van der Waals surface area contributed by atoms with Gasteiger partial charge in [0.15, 0.2) is 0 Å². The average Bonchev–Trinajstić information content (AvgIpc) is 2.84. The summed E-state index contributed by atoms with van der Waals surface area (Å²) in [6.07, 6.45) is 9.04. The fourth-order valence-electron chi connectivity index (χ4n) is 4.14. The van der Waals surface area contributed by atoms with E-state index < -0.39 is 6.10 Å². The maximum absolute atomic E-state index is 13.1. The number of rotatable bonds is 3.